The first kappa shape index (κ1) is 23.7. The van der Waals surface area contributed by atoms with Crippen LogP contribution in [0.15, 0.2) is 154 Å². The third-order valence-corrected chi connectivity index (χ3v) is 9.17. The Hall–Kier alpha value is -5.86. The lowest BCUT2D eigenvalue weighted by atomic mass is 9.96. The van der Waals surface area contributed by atoms with Crippen LogP contribution in [0.1, 0.15) is 0 Å². The van der Waals surface area contributed by atoms with Gasteiger partial charge in [-0.3, -0.25) is 0 Å². The molecule has 0 aliphatic rings. The molecule has 0 bridgehead atoms. The molecule has 0 aliphatic heterocycles. The van der Waals surface area contributed by atoms with Gasteiger partial charge in [-0.05, 0) is 102 Å². The van der Waals surface area contributed by atoms with Crippen LogP contribution in [0.3, 0.4) is 0 Å². The summed E-state index contributed by atoms with van der Waals surface area (Å²) in [4.78, 5) is 0. The molecule has 8 aromatic carbocycles. The molecule has 204 valence electrons. The second-order valence-corrected chi connectivity index (χ2v) is 11.8. The molecule has 10 rings (SSSR count). The quantitative estimate of drug-likeness (QED) is 0.197. The lowest BCUT2D eigenvalue weighted by Gasteiger charge is -2.08. The van der Waals surface area contributed by atoms with Crippen molar-refractivity contribution in [2.75, 3.05) is 0 Å². The Morgan fingerprint density at radius 1 is 0.273 bits per heavy atom. The van der Waals surface area contributed by atoms with Crippen molar-refractivity contribution in [3.05, 3.63) is 146 Å². The molecule has 0 saturated carbocycles. The largest absolute Gasteiger partial charge is 0.456 e. The Bertz CT molecular complexity index is 2580. The van der Waals surface area contributed by atoms with Crippen molar-refractivity contribution in [2.24, 2.45) is 0 Å². The van der Waals surface area contributed by atoms with Crippen molar-refractivity contribution < 1.29 is 8.83 Å². The van der Waals surface area contributed by atoms with Gasteiger partial charge in [-0.15, -0.1) is 0 Å². The van der Waals surface area contributed by atoms with E-state index in [1.807, 2.05) is 0 Å². The lowest BCUT2D eigenvalue weighted by molar-refractivity contribution is 0.632. The zero-order chi connectivity index (χ0) is 28.8. The number of benzene rings is 8. The molecule has 0 atom stereocenters. The maximum atomic E-state index is 6.46. The summed E-state index contributed by atoms with van der Waals surface area (Å²) in [5.74, 6) is 1.77. The third-order valence-electron chi connectivity index (χ3n) is 9.17. The first-order valence-electron chi connectivity index (χ1n) is 15.0. The second-order valence-electron chi connectivity index (χ2n) is 11.8. The molecular formula is C42H24O2. The normalized spacial score (nSPS) is 12.1. The average molecular weight is 561 g/mol. The van der Waals surface area contributed by atoms with Gasteiger partial charge >= 0.3 is 0 Å². The molecule has 10 aromatic rings. The Kier molecular flexibility index (Phi) is 4.75. The summed E-state index contributed by atoms with van der Waals surface area (Å²) in [5.41, 5.74) is 3.97. The predicted octanol–water partition coefficient (Wildman–Crippen LogP) is 12.3. The highest BCUT2D eigenvalue weighted by Crippen LogP contribution is 2.39. The van der Waals surface area contributed by atoms with Gasteiger partial charge in [-0.25, -0.2) is 0 Å². The summed E-state index contributed by atoms with van der Waals surface area (Å²) >= 11 is 0. The summed E-state index contributed by atoms with van der Waals surface area (Å²) < 4.78 is 12.9. The number of hydrogen-bond acceptors (Lipinski definition) is 2. The smallest absolute Gasteiger partial charge is 0.135 e. The summed E-state index contributed by atoms with van der Waals surface area (Å²) in [5, 5.41) is 14.3. The van der Waals surface area contributed by atoms with Crippen molar-refractivity contribution in [1.29, 1.82) is 0 Å². The second kappa shape index (κ2) is 8.82. The van der Waals surface area contributed by atoms with E-state index in [4.69, 9.17) is 8.83 Å². The molecule has 2 heteroatoms. The van der Waals surface area contributed by atoms with Crippen LogP contribution in [0.4, 0.5) is 0 Å². The third kappa shape index (κ3) is 3.55. The lowest BCUT2D eigenvalue weighted by Crippen LogP contribution is -1.81. The molecule has 0 fully saturated rings. The van der Waals surface area contributed by atoms with E-state index in [1.54, 1.807) is 0 Å². The molecular weight excluding hydrogens is 536 g/mol. The fourth-order valence-corrected chi connectivity index (χ4v) is 6.92. The molecule has 0 saturated heterocycles. The molecule has 0 aliphatic carbocycles. The Morgan fingerprint density at radius 2 is 0.705 bits per heavy atom. The topological polar surface area (TPSA) is 26.3 Å². The van der Waals surface area contributed by atoms with Gasteiger partial charge in [0.15, 0.2) is 0 Å². The van der Waals surface area contributed by atoms with E-state index in [1.165, 1.54) is 53.9 Å². The Morgan fingerprint density at radius 3 is 1.18 bits per heavy atom. The Balaban J connectivity index is 1.11. The number of hydrogen-bond donors (Lipinski definition) is 0. The van der Waals surface area contributed by atoms with E-state index in [-0.39, 0.29) is 0 Å². The summed E-state index contributed by atoms with van der Waals surface area (Å²) in [6.07, 6.45) is 0. The minimum atomic E-state index is 0.887. The average Bonchev–Trinajstić information content (AvgIpc) is 3.69. The molecule has 2 aromatic heterocycles. The van der Waals surface area contributed by atoms with E-state index in [9.17, 15) is 0 Å². The zero-order valence-electron chi connectivity index (χ0n) is 23.7. The highest BCUT2D eigenvalue weighted by atomic mass is 16.3. The van der Waals surface area contributed by atoms with E-state index >= 15 is 0 Å². The van der Waals surface area contributed by atoms with E-state index in [0.29, 0.717) is 0 Å². The van der Waals surface area contributed by atoms with Gasteiger partial charge in [0.1, 0.15) is 22.7 Å². The number of rotatable bonds is 2. The van der Waals surface area contributed by atoms with Gasteiger partial charge in [0.2, 0.25) is 0 Å². The van der Waals surface area contributed by atoms with E-state index in [2.05, 4.69) is 146 Å². The Labute approximate surface area is 252 Å². The number of furan rings is 2. The predicted molar refractivity (Wildman–Crippen MR) is 184 cm³/mol. The minimum Gasteiger partial charge on any atom is -0.456 e. The van der Waals surface area contributed by atoms with Crippen molar-refractivity contribution in [1.82, 2.24) is 0 Å². The molecule has 0 spiro atoms. The molecule has 2 heterocycles. The van der Waals surface area contributed by atoms with E-state index < -0.39 is 0 Å². The van der Waals surface area contributed by atoms with Crippen molar-refractivity contribution in [2.45, 2.75) is 0 Å². The monoisotopic (exact) mass is 560 g/mol. The zero-order valence-corrected chi connectivity index (χ0v) is 23.7. The maximum absolute atomic E-state index is 6.46. The van der Waals surface area contributed by atoms with Crippen LogP contribution in [0.25, 0.3) is 98.4 Å². The standard InChI is InChI=1S/C42H24O2/c1-3-7-27-17-31(11-9-25(27)5-1)39-21-33-19-29-13-15-36-35(37(29)23-41(33)43-39)16-14-30-20-34-22-40(44-42(34)24-38(30)36)32-12-10-26-6-2-4-8-28(26)18-32/h1-24H. The van der Waals surface area contributed by atoms with Gasteiger partial charge in [0.05, 0.1) is 0 Å². The van der Waals surface area contributed by atoms with Crippen LogP contribution >= 0.6 is 0 Å². The van der Waals surface area contributed by atoms with Crippen LogP contribution in [0.2, 0.25) is 0 Å². The minimum absolute atomic E-state index is 0.887. The highest BCUT2D eigenvalue weighted by molar-refractivity contribution is 6.20. The number of fused-ring (bicyclic) bond motifs is 9. The maximum Gasteiger partial charge on any atom is 0.135 e. The van der Waals surface area contributed by atoms with Gasteiger partial charge in [-0.2, -0.15) is 0 Å². The van der Waals surface area contributed by atoms with Crippen LogP contribution < -0.4 is 0 Å². The SMILES string of the molecule is c1ccc2cc(-c3cc4cc5ccc6c7cc8oc(-c9ccc%10ccccc%10c9)cc8cc7ccc6c5cc4o3)ccc2c1. The fourth-order valence-electron chi connectivity index (χ4n) is 6.92. The molecule has 2 nitrogen and oxygen atoms in total. The molecule has 0 amide bonds. The molecule has 0 N–H and O–H groups in total. The van der Waals surface area contributed by atoms with E-state index in [0.717, 1.165) is 44.6 Å². The van der Waals surface area contributed by atoms with Crippen molar-refractivity contribution in [3.8, 4) is 22.6 Å². The summed E-state index contributed by atoms with van der Waals surface area (Å²) in [7, 11) is 0. The van der Waals surface area contributed by atoms with Crippen molar-refractivity contribution in [3.63, 3.8) is 0 Å². The molecule has 0 radical (unpaired) electrons. The first-order valence-corrected chi connectivity index (χ1v) is 15.0. The van der Waals surface area contributed by atoms with Crippen LogP contribution in [0.5, 0.6) is 0 Å². The van der Waals surface area contributed by atoms with Crippen molar-refractivity contribution >= 4 is 75.8 Å². The molecule has 44 heavy (non-hydrogen) atoms. The van der Waals surface area contributed by atoms with Crippen LogP contribution in [0, 0.1) is 0 Å². The highest BCUT2D eigenvalue weighted by Gasteiger charge is 2.13. The van der Waals surface area contributed by atoms with Gasteiger partial charge < -0.3 is 8.83 Å². The summed E-state index contributed by atoms with van der Waals surface area (Å²) in [6.45, 7) is 0. The van der Waals surface area contributed by atoms with Crippen LogP contribution in [-0.4, -0.2) is 0 Å². The molecule has 0 unspecified atom stereocenters. The summed E-state index contributed by atoms with van der Waals surface area (Å²) in [6, 6.07) is 52.0. The van der Waals surface area contributed by atoms with Gasteiger partial charge in [0.25, 0.3) is 0 Å². The fraction of sp³-hybridized carbons (Fsp3) is 0. The van der Waals surface area contributed by atoms with Gasteiger partial charge in [-0.1, -0.05) is 97.1 Å². The first-order chi connectivity index (χ1) is 21.7. The van der Waals surface area contributed by atoms with Gasteiger partial charge in [0, 0.05) is 21.9 Å². The van der Waals surface area contributed by atoms with Crippen LogP contribution in [-0.2, 0) is 0 Å².